The summed E-state index contributed by atoms with van der Waals surface area (Å²) in [6.07, 6.45) is 72.2. The van der Waals surface area contributed by atoms with Crippen molar-refractivity contribution in [3.05, 3.63) is 0 Å². The Bertz CT molecular complexity index is 648. The highest BCUT2D eigenvalue weighted by Crippen LogP contribution is 2.34. The minimum Gasteiger partial charge on any atom is -0.0939 e. The monoisotopic (exact) mass is 823 g/mol. The van der Waals surface area contributed by atoms with Crippen LogP contribution in [0.4, 0.5) is 0 Å². The van der Waals surface area contributed by atoms with Gasteiger partial charge in [-0.3, -0.25) is 0 Å². The van der Waals surface area contributed by atoms with Crippen LogP contribution in [0.25, 0.3) is 0 Å². The maximum Gasteiger partial charge on any atom is 0.0151 e. The van der Waals surface area contributed by atoms with E-state index in [0.717, 1.165) is 5.25 Å². The summed E-state index contributed by atoms with van der Waals surface area (Å²) in [6, 6.07) is 0. The Morgan fingerprint density at radius 3 is 0.607 bits per heavy atom. The van der Waals surface area contributed by atoms with E-state index in [2.05, 4.69) is 42.4 Å². The van der Waals surface area contributed by atoms with Crippen molar-refractivity contribution in [1.82, 2.24) is 0 Å². The smallest absolute Gasteiger partial charge is 0.0151 e. The quantitative estimate of drug-likeness (QED) is 0.0443. The first-order valence-electron chi connectivity index (χ1n) is 27.1. The molecule has 0 amide bonds. The lowest BCUT2D eigenvalue weighted by molar-refractivity contribution is 0.515. The molecule has 2 heteroatoms. The SMILES string of the molecule is CCCCCCCCCCCCCCCCCCSSC(CCCCCCCCCCCCCCCCC)CCCCCCCCCCCCCCCCCC. The molecule has 0 heterocycles. The van der Waals surface area contributed by atoms with Crippen molar-refractivity contribution in [2.45, 2.75) is 341 Å². The fraction of sp³-hybridized carbons (Fsp3) is 1.00. The Labute approximate surface area is 366 Å². The number of hydrogen-bond donors (Lipinski definition) is 0. The molecule has 0 rings (SSSR count). The second kappa shape index (κ2) is 53.7. The van der Waals surface area contributed by atoms with E-state index in [1.54, 1.807) is 0 Å². The Kier molecular flexibility index (Phi) is 54.4. The van der Waals surface area contributed by atoms with Crippen LogP contribution in [0.5, 0.6) is 0 Å². The lowest BCUT2D eigenvalue weighted by Gasteiger charge is -2.16. The average molecular weight is 824 g/mol. The molecule has 0 N–H and O–H groups in total. The van der Waals surface area contributed by atoms with E-state index in [1.165, 1.54) is 320 Å². The molecule has 0 aromatic rings. The Morgan fingerprint density at radius 2 is 0.393 bits per heavy atom. The predicted octanol–water partition coefficient (Wildman–Crippen LogP) is 21.9. The van der Waals surface area contributed by atoms with Gasteiger partial charge in [-0.05, 0) is 19.3 Å². The van der Waals surface area contributed by atoms with Gasteiger partial charge in [0.1, 0.15) is 0 Å². The maximum absolute atomic E-state index is 2.32. The van der Waals surface area contributed by atoms with Crippen LogP contribution in [0.2, 0.25) is 0 Å². The molecule has 0 saturated heterocycles. The molecule has 0 aliphatic carbocycles. The topological polar surface area (TPSA) is 0 Å². The summed E-state index contributed by atoms with van der Waals surface area (Å²) < 4.78 is 0. The zero-order chi connectivity index (χ0) is 40.3. The zero-order valence-corrected chi connectivity index (χ0v) is 41.4. The van der Waals surface area contributed by atoms with E-state index in [4.69, 9.17) is 0 Å². The highest BCUT2D eigenvalue weighted by Gasteiger charge is 2.10. The van der Waals surface area contributed by atoms with E-state index in [0.29, 0.717) is 0 Å². The first-order valence-corrected chi connectivity index (χ1v) is 29.5. The van der Waals surface area contributed by atoms with Crippen LogP contribution < -0.4 is 0 Å². The van der Waals surface area contributed by atoms with Crippen molar-refractivity contribution in [2.75, 3.05) is 5.75 Å². The molecule has 0 spiro atoms. The van der Waals surface area contributed by atoms with Crippen molar-refractivity contribution >= 4 is 21.6 Å². The summed E-state index contributed by atoms with van der Waals surface area (Å²) in [4.78, 5) is 0. The Balaban J connectivity index is 3.94. The predicted molar refractivity (Wildman–Crippen MR) is 267 cm³/mol. The van der Waals surface area contributed by atoms with Crippen molar-refractivity contribution in [2.24, 2.45) is 0 Å². The molecule has 0 aliphatic heterocycles. The van der Waals surface area contributed by atoms with Gasteiger partial charge in [0.05, 0.1) is 0 Å². The molecule has 1 unspecified atom stereocenters. The third-order valence-electron chi connectivity index (χ3n) is 12.8. The molecule has 0 nitrogen and oxygen atoms in total. The lowest BCUT2D eigenvalue weighted by Crippen LogP contribution is -2.02. The van der Waals surface area contributed by atoms with Crippen LogP contribution in [0, 0.1) is 0 Å². The first kappa shape index (κ1) is 56.7. The van der Waals surface area contributed by atoms with Gasteiger partial charge < -0.3 is 0 Å². The van der Waals surface area contributed by atoms with E-state index < -0.39 is 0 Å². The van der Waals surface area contributed by atoms with Gasteiger partial charge in [0.2, 0.25) is 0 Å². The number of hydrogen-bond acceptors (Lipinski definition) is 2. The van der Waals surface area contributed by atoms with Crippen LogP contribution in [-0.4, -0.2) is 11.0 Å². The highest BCUT2D eigenvalue weighted by atomic mass is 33.1. The molecule has 1 atom stereocenters. The van der Waals surface area contributed by atoms with Gasteiger partial charge in [-0.1, -0.05) is 338 Å². The molecular weight excluding hydrogens is 713 g/mol. The Hall–Kier alpha value is 0.700. The maximum atomic E-state index is 2.32. The summed E-state index contributed by atoms with van der Waals surface area (Å²) >= 11 is 0. The van der Waals surface area contributed by atoms with Crippen LogP contribution in [0.3, 0.4) is 0 Å². The standard InChI is InChI=1S/C54H110S2/c1-4-7-10-13-16-19-22-25-28-31-34-37-40-43-46-49-52-54(51-48-45-42-39-36-33-30-27-24-21-18-15-12-9-6-3)56-55-53-50-47-44-41-38-35-32-29-26-23-20-17-14-11-8-5-2/h54H,4-53H2,1-3H3. The highest BCUT2D eigenvalue weighted by molar-refractivity contribution is 8.76. The second-order valence-corrected chi connectivity index (χ2v) is 21.5. The fourth-order valence-corrected chi connectivity index (χ4v) is 11.7. The van der Waals surface area contributed by atoms with Crippen LogP contribution in [0.1, 0.15) is 335 Å². The van der Waals surface area contributed by atoms with Gasteiger partial charge in [-0.15, -0.1) is 0 Å². The van der Waals surface area contributed by atoms with Crippen LogP contribution >= 0.6 is 21.6 Å². The van der Waals surface area contributed by atoms with Gasteiger partial charge in [0.15, 0.2) is 0 Å². The van der Waals surface area contributed by atoms with Gasteiger partial charge in [-0.2, -0.15) is 0 Å². The van der Waals surface area contributed by atoms with E-state index >= 15 is 0 Å². The zero-order valence-electron chi connectivity index (χ0n) is 39.7. The molecule has 0 radical (unpaired) electrons. The molecule has 0 saturated carbocycles. The van der Waals surface area contributed by atoms with Gasteiger partial charge in [0.25, 0.3) is 0 Å². The summed E-state index contributed by atoms with van der Waals surface area (Å²) in [5, 5.41) is 0.912. The Morgan fingerprint density at radius 1 is 0.214 bits per heavy atom. The molecule has 0 aromatic carbocycles. The normalized spacial score (nSPS) is 12.3. The molecule has 338 valence electrons. The molecule has 56 heavy (non-hydrogen) atoms. The number of rotatable bonds is 52. The minimum atomic E-state index is 0.912. The molecule has 0 fully saturated rings. The first-order chi connectivity index (χ1) is 27.8. The second-order valence-electron chi connectivity index (χ2n) is 18.7. The van der Waals surface area contributed by atoms with E-state index in [-0.39, 0.29) is 0 Å². The van der Waals surface area contributed by atoms with Crippen molar-refractivity contribution in [3.8, 4) is 0 Å². The average Bonchev–Trinajstić information content (AvgIpc) is 3.21. The summed E-state index contributed by atoms with van der Waals surface area (Å²) in [5.74, 6) is 1.39. The van der Waals surface area contributed by atoms with Crippen molar-refractivity contribution in [1.29, 1.82) is 0 Å². The minimum absolute atomic E-state index is 0.912. The van der Waals surface area contributed by atoms with Crippen molar-refractivity contribution in [3.63, 3.8) is 0 Å². The largest absolute Gasteiger partial charge is 0.0939 e. The third-order valence-corrected chi connectivity index (χ3v) is 15.9. The number of unbranched alkanes of at least 4 members (excludes halogenated alkanes) is 44. The molecule has 0 bridgehead atoms. The lowest BCUT2D eigenvalue weighted by atomic mass is 10.0. The van der Waals surface area contributed by atoms with E-state index in [9.17, 15) is 0 Å². The van der Waals surface area contributed by atoms with Gasteiger partial charge >= 0.3 is 0 Å². The summed E-state index contributed by atoms with van der Waals surface area (Å²) in [6.45, 7) is 6.96. The molecule has 0 aliphatic rings. The molecule has 0 aromatic heterocycles. The van der Waals surface area contributed by atoms with E-state index in [1.807, 2.05) is 0 Å². The third kappa shape index (κ3) is 50.8. The summed E-state index contributed by atoms with van der Waals surface area (Å²) in [5.41, 5.74) is 0. The molecular formula is C54H110S2. The summed E-state index contributed by atoms with van der Waals surface area (Å²) in [7, 11) is 4.54. The van der Waals surface area contributed by atoms with Crippen LogP contribution in [0.15, 0.2) is 0 Å². The van der Waals surface area contributed by atoms with Crippen molar-refractivity contribution < 1.29 is 0 Å². The van der Waals surface area contributed by atoms with Crippen LogP contribution in [-0.2, 0) is 0 Å². The van der Waals surface area contributed by atoms with Gasteiger partial charge in [-0.25, -0.2) is 0 Å². The fourth-order valence-electron chi connectivity index (χ4n) is 8.76. The van der Waals surface area contributed by atoms with Gasteiger partial charge in [0, 0.05) is 11.0 Å².